The van der Waals surface area contributed by atoms with Crippen molar-refractivity contribution >= 4 is 35.4 Å². The molecular formula is C30H44N6O6. The molecule has 4 atom stereocenters. The molecule has 1 fully saturated rings. The first-order chi connectivity index (χ1) is 19.9. The van der Waals surface area contributed by atoms with E-state index in [0.717, 1.165) is 6.08 Å². The Labute approximate surface area is 247 Å². The van der Waals surface area contributed by atoms with E-state index in [0.29, 0.717) is 24.9 Å². The van der Waals surface area contributed by atoms with Crippen LogP contribution in [0.4, 0.5) is 0 Å². The summed E-state index contributed by atoms with van der Waals surface area (Å²) < 4.78 is 0. The van der Waals surface area contributed by atoms with Gasteiger partial charge in [-0.2, -0.15) is 0 Å². The summed E-state index contributed by atoms with van der Waals surface area (Å²) in [6, 6.07) is 5.66. The fourth-order valence-electron chi connectivity index (χ4n) is 4.34. The van der Waals surface area contributed by atoms with E-state index in [4.69, 9.17) is 0 Å². The van der Waals surface area contributed by atoms with Crippen LogP contribution in [0, 0.1) is 5.92 Å². The van der Waals surface area contributed by atoms with Gasteiger partial charge < -0.3 is 31.9 Å². The van der Waals surface area contributed by atoms with E-state index < -0.39 is 53.2 Å². The maximum absolute atomic E-state index is 13.7. The topological polar surface area (TPSA) is 175 Å². The highest BCUT2D eigenvalue weighted by Gasteiger charge is 2.38. The third kappa shape index (κ3) is 10.0. The number of benzene rings is 1. The Kier molecular flexibility index (Phi) is 13.2. The van der Waals surface area contributed by atoms with Gasteiger partial charge >= 0.3 is 0 Å². The van der Waals surface area contributed by atoms with Crippen LogP contribution in [-0.2, 0) is 28.8 Å². The minimum Gasteiger partial charge on any atom is -0.354 e. The summed E-state index contributed by atoms with van der Waals surface area (Å²) in [5.41, 5.74) is -0.906. The van der Waals surface area contributed by atoms with Gasteiger partial charge in [-0.25, -0.2) is 0 Å². The van der Waals surface area contributed by atoms with E-state index in [1.165, 1.54) is 0 Å². The smallest absolute Gasteiger partial charge is 0.247 e. The monoisotopic (exact) mass is 584 g/mol. The maximum atomic E-state index is 13.7. The summed E-state index contributed by atoms with van der Waals surface area (Å²) in [4.78, 5) is 77.7. The number of rotatable bonds is 10. The minimum absolute atomic E-state index is 0.0113. The van der Waals surface area contributed by atoms with Crippen molar-refractivity contribution in [3.63, 3.8) is 0 Å². The zero-order valence-corrected chi connectivity index (χ0v) is 24.9. The highest BCUT2D eigenvalue weighted by atomic mass is 16.2. The van der Waals surface area contributed by atoms with Crippen LogP contribution in [0.5, 0.6) is 0 Å². The van der Waals surface area contributed by atoms with Crippen molar-refractivity contribution < 1.29 is 28.8 Å². The fourth-order valence-corrected chi connectivity index (χ4v) is 4.34. The van der Waals surface area contributed by atoms with Gasteiger partial charge in [0.05, 0.1) is 0 Å². The lowest BCUT2D eigenvalue weighted by Crippen LogP contribution is -2.63. The second-order valence-corrected chi connectivity index (χ2v) is 10.9. The largest absolute Gasteiger partial charge is 0.354 e. The summed E-state index contributed by atoms with van der Waals surface area (Å²) in [6.07, 6.45) is 2.65. The molecule has 1 aliphatic rings. The van der Waals surface area contributed by atoms with Gasteiger partial charge in [0.15, 0.2) is 0 Å². The van der Waals surface area contributed by atoms with Crippen LogP contribution in [0.2, 0.25) is 0 Å². The Morgan fingerprint density at radius 2 is 1.67 bits per heavy atom. The zero-order chi connectivity index (χ0) is 31.3. The third-order valence-corrected chi connectivity index (χ3v) is 7.10. The lowest BCUT2D eigenvalue weighted by molar-refractivity contribution is -0.138. The number of carbonyl (C=O) groups is 6. The average molecular weight is 585 g/mol. The molecule has 12 heteroatoms. The molecule has 0 unspecified atom stereocenters. The van der Waals surface area contributed by atoms with Crippen molar-refractivity contribution in [2.45, 2.75) is 83.5 Å². The number of hydrogen-bond donors (Lipinski definition) is 6. The summed E-state index contributed by atoms with van der Waals surface area (Å²) in [7, 11) is 0. The summed E-state index contributed by atoms with van der Waals surface area (Å²) in [5, 5.41) is 16.5. The standard InChI is InChI=1S/C30H44N6O6/c1-6-21-26(39)35-24(20-13-9-8-10-14-20)28(41)32-18-16-30(5,36-25(38)19(3)4)29(42)34-22(27(40)33-21)15-11-12-17-31-23(37)7-2/h7-10,13-14,19,21-22,24H,2,6,11-12,15-18H2,1,3-5H3,(H,31,37)(H,32,41)(H,33,40)(H,34,42)(H,35,39)(H,36,38)/t21-,22-,24+,30+/m0/s1. The van der Waals surface area contributed by atoms with Crippen LogP contribution in [0.3, 0.4) is 0 Å². The molecule has 12 nitrogen and oxygen atoms in total. The van der Waals surface area contributed by atoms with Crippen LogP contribution in [-0.4, -0.2) is 66.2 Å². The van der Waals surface area contributed by atoms with Crippen molar-refractivity contribution in [1.29, 1.82) is 0 Å². The number of unbranched alkanes of at least 4 members (excludes halogenated alkanes) is 1. The quantitative estimate of drug-likeness (QED) is 0.175. The molecule has 1 aromatic carbocycles. The molecule has 230 valence electrons. The highest BCUT2D eigenvalue weighted by molar-refractivity contribution is 5.97. The first-order valence-electron chi connectivity index (χ1n) is 14.4. The van der Waals surface area contributed by atoms with E-state index in [-0.39, 0.29) is 37.6 Å². The molecule has 6 N–H and O–H groups in total. The average Bonchev–Trinajstić information content (AvgIpc) is 2.96. The number of amides is 6. The van der Waals surface area contributed by atoms with Crippen LogP contribution >= 0.6 is 0 Å². The van der Waals surface area contributed by atoms with Crippen molar-refractivity contribution in [1.82, 2.24) is 31.9 Å². The van der Waals surface area contributed by atoms with Crippen molar-refractivity contribution in [3.05, 3.63) is 48.6 Å². The summed E-state index contributed by atoms with van der Waals surface area (Å²) in [6.45, 7) is 10.4. The molecule has 0 saturated carbocycles. The van der Waals surface area contributed by atoms with Gasteiger partial charge in [0, 0.05) is 19.0 Å². The predicted octanol–water partition coefficient (Wildman–Crippen LogP) is 0.747. The minimum atomic E-state index is -1.45. The molecule has 1 aromatic rings. The molecule has 1 saturated heterocycles. The first kappa shape index (κ1) is 34.0. The van der Waals surface area contributed by atoms with Gasteiger partial charge in [-0.05, 0) is 50.7 Å². The first-order valence-corrected chi connectivity index (χ1v) is 14.4. The second kappa shape index (κ2) is 16.3. The van der Waals surface area contributed by atoms with E-state index in [9.17, 15) is 28.8 Å². The Morgan fingerprint density at radius 1 is 1.00 bits per heavy atom. The Hall–Kier alpha value is -4.22. The van der Waals surface area contributed by atoms with Gasteiger partial charge in [-0.1, -0.05) is 57.7 Å². The highest BCUT2D eigenvalue weighted by Crippen LogP contribution is 2.17. The Balaban J connectivity index is 2.39. The Morgan fingerprint density at radius 3 is 2.29 bits per heavy atom. The Bertz CT molecular complexity index is 1140. The van der Waals surface area contributed by atoms with Crippen LogP contribution in [0.15, 0.2) is 43.0 Å². The van der Waals surface area contributed by atoms with E-state index in [1.54, 1.807) is 58.0 Å². The van der Waals surface area contributed by atoms with E-state index >= 15 is 0 Å². The second-order valence-electron chi connectivity index (χ2n) is 10.9. The molecule has 0 spiro atoms. The molecule has 0 radical (unpaired) electrons. The molecule has 0 bridgehead atoms. The fraction of sp³-hybridized carbons (Fsp3) is 0.533. The summed E-state index contributed by atoms with van der Waals surface area (Å²) >= 11 is 0. The molecule has 42 heavy (non-hydrogen) atoms. The van der Waals surface area contributed by atoms with Gasteiger partial charge in [0.1, 0.15) is 23.7 Å². The SMILES string of the molecule is C=CC(=O)NCCCC[C@@H]1NC(=O)[C@](C)(NC(=O)C(C)C)CCNC(=O)[C@@H](c2ccccc2)NC(=O)[C@H](CC)NC1=O. The van der Waals surface area contributed by atoms with Gasteiger partial charge in [-0.3, -0.25) is 28.8 Å². The van der Waals surface area contributed by atoms with E-state index in [1.807, 2.05) is 0 Å². The molecule has 0 aromatic heterocycles. The normalized spacial score (nSPS) is 23.9. The molecule has 6 amide bonds. The molecule has 0 aliphatic carbocycles. The van der Waals surface area contributed by atoms with E-state index in [2.05, 4.69) is 38.5 Å². The molecule has 1 heterocycles. The third-order valence-electron chi connectivity index (χ3n) is 7.10. The lowest BCUT2D eigenvalue weighted by atomic mass is 9.93. The van der Waals surface area contributed by atoms with Gasteiger partial charge in [0.2, 0.25) is 35.4 Å². The van der Waals surface area contributed by atoms with Gasteiger partial charge in [-0.15, -0.1) is 0 Å². The van der Waals surface area contributed by atoms with Crippen LogP contribution in [0.25, 0.3) is 0 Å². The maximum Gasteiger partial charge on any atom is 0.247 e. The van der Waals surface area contributed by atoms with Crippen molar-refractivity contribution in [2.24, 2.45) is 5.92 Å². The number of hydrogen-bond acceptors (Lipinski definition) is 6. The van der Waals surface area contributed by atoms with Gasteiger partial charge in [0.25, 0.3) is 0 Å². The number of nitrogens with one attached hydrogen (secondary N) is 6. The van der Waals surface area contributed by atoms with Crippen LogP contribution in [0.1, 0.15) is 71.4 Å². The zero-order valence-electron chi connectivity index (χ0n) is 24.9. The molecule has 1 aliphatic heterocycles. The summed E-state index contributed by atoms with van der Waals surface area (Å²) in [5.74, 6) is -3.29. The lowest BCUT2D eigenvalue weighted by Gasteiger charge is -2.33. The molecular weight excluding hydrogens is 540 g/mol. The number of carbonyl (C=O) groups excluding carboxylic acids is 6. The van der Waals surface area contributed by atoms with Crippen molar-refractivity contribution in [2.75, 3.05) is 13.1 Å². The van der Waals surface area contributed by atoms with Crippen LogP contribution < -0.4 is 31.9 Å². The molecule has 2 rings (SSSR count). The van der Waals surface area contributed by atoms with Crippen molar-refractivity contribution in [3.8, 4) is 0 Å². The predicted molar refractivity (Wildman–Crippen MR) is 158 cm³/mol.